The third-order valence-electron chi connectivity index (χ3n) is 5.76. The second kappa shape index (κ2) is 8.20. The maximum absolute atomic E-state index is 13.5. The Hall–Kier alpha value is -3.52. The van der Waals surface area contributed by atoms with Crippen molar-refractivity contribution in [3.63, 3.8) is 0 Å². The number of amides is 2. The summed E-state index contributed by atoms with van der Waals surface area (Å²) in [5.41, 5.74) is 2.48. The Bertz CT molecular complexity index is 1340. The molecule has 1 aliphatic heterocycles. The molecule has 162 valence electrons. The van der Waals surface area contributed by atoms with Crippen molar-refractivity contribution in [2.45, 2.75) is 38.6 Å². The summed E-state index contributed by atoms with van der Waals surface area (Å²) in [5, 5.41) is 3.70. The van der Waals surface area contributed by atoms with Gasteiger partial charge in [0.05, 0.1) is 28.2 Å². The largest absolute Gasteiger partial charge is 0.293 e. The molecule has 3 heterocycles. The van der Waals surface area contributed by atoms with Crippen LogP contribution in [0.25, 0.3) is 15.3 Å². The van der Waals surface area contributed by atoms with Gasteiger partial charge in [-0.25, -0.2) is 4.98 Å². The molecule has 8 heteroatoms. The van der Waals surface area contributed by atoms with Crippen LogP contribution in [-0.4, -0.2) is 31.5 Å². The van der Waals surface area contributed by atoms with Crippen LogP contribution in [0.5, 0.6) is 0 Å². The van der Waals surface area contributed by atoms with Crippen molar-refractivity contribution in [1.82, 2.24) is 19.7 Å². The zero-order valence-electron chi connectivity index (χ0n) is 17.6. The SMILES string of the molecule is CCCc1[nH]n(-c2nc3ccccc3s2)c(=O)c1C1CC(=O)N(Cc2ccccc2)C1=O. The van der Waals surface area contributed by atoms with E-state index in [2.05, 4.69) is 10.1 Å². The predicted molar refractivity (Wildman–Crippen MR) is 123 cm³/mol. The molecule has 0 bridgehead atoms. The predicted octanol–water partition coefficient (Wildman–Crippen LogP) is 3.77. The Morgan fingerprint density at radius 1 is 1.06 bits per heavy atom. The monoisotopic (exact) mass is 446 g/mol. The summed E-state index contributed by atoms with van der Waals surface area (Å²) in [6.45, 7) is 2.23. The number of imide groups is 1. The second-order valence-electron chi connectivity index (χ2n) is 7.92. The number of hydrogen-bond acceptors (Lipinski definition) is 5. The number of hydrogen-bond donors (Lipinski definition) is 1. The van der Waals surface area contributed by atoms with Crippen LogP contribution in [0, 0.1) is 0 Å². The molecule has 0 radical (unpaired) electrons. The lowest BCUT2D eigenvalue weighted by molar-refractivity contribution is -0.139. The van der Waals surface area contributed by atoms with E-state index < -0.39 is 5.92 Å². The minimum atomic E-state index is -0.771. The summed E-state index contributed by atoms with van der Waals surface area (Å²) < 4.78 is 2.39. The molecule has 2 amide bonds. The van der Waals surface area contributed by atoms with Gasteiger partial charge in [0.2, 0.25) is 16.9 Å². The molecule has 1 atom stereocenters. The smallest absolute Gasteiger partial charge is 0.277 e. The summed E-state index contributed by atoms with van der Waals surface area (Å²) in [5.74, 6) is -1.34. The molecule has 0 saturated carbocycles. The van der Waals surface area contributed by atoms with Gasteiger partial charge in [-0.2, -0.15) is 4.68 Å². The summed E-state index contributed by atoms with van der Waals surface area (Å²) in [6, 6.07) is 17.1. The fourth-order valence-electron chi connectivity index (χ4n) is 4.23. The molecule has 2 aromatic heterocycles. The van der Waals surface area contributed by atoms with Gasteiger partial charge in [0.1, 0.15) is 0 Å². The summed E-state index contributed by atoms with van der Waals surface area (Å²) in [4.78, 5) is 45.3. The van der Waals surface area contributed by atoms with Gasteiger partial charge in [-0.1, -0.05) is 67.1 Å². The third-order valence-corrected chi connectivity index (χ3v) is 6.78. The van der Waals surface area contributed by atoms with Gasteiger partial charge >= 0.3 is 0 Å². The molecule has 0 spiro atoms. The van der Waals surface area contributed by atoms with Crippen molar-refractivity contribution in [1.29, 1.82) is 0 Å². The molecule has 4 aromatic rings. The number of rotatable bonds is 6. The number of fused-ring (bicyclic) bond motifs is 1. The number of H-pyrrole nitrogens is 1. The number of nitrogens with one attached hydrogen (secondary N) is 1. The van der Waals surface area contributed by atoms with Crippen LogP contribution < -0.4 is 5.56 Å². The first kappa shape index (κ1) is 20.4. The first-order valence-corrected chi connectivity index (χ1v) is 11.5. The highest BCUT2D eigenvalue weighted by molar-refractivity contribution is 7.20. The van der Waals surface area contributed by atoms with Crippen molar-refractivity contribution < 1.29 is 9.59 Å². The molecule has 1 unspecified atom stereocenters. The molecule has 1 N–H and O–H groups in total. The zero-order chi connectivity index (χ0) is 22.2. The number of para-hydroxylation sites is 1. The molecule has 32 heavy (non-hydrogen) atoms. The maximum atomic E-state index is 13.5. The standard InChI is InChI=1S/C24H22N4O3S/c1-2-8-18-21(16-13-20(29)27(22(16)30)14-15-9-4-3-5-10-15)23(31)28(26-18)24-25-17-11-6-7-12-19(17)32-24/h3-7,9-12,16,26H,2,8,13-14H2,1H3. The van der Waals surface area contributed by atoms with E-state index in [9.17, 15) is 14.4 Å². The second-order valence-corrected chi connectivity index (χ2v) is 8.93. The zero-order valence-corrected chi connectivity index (χ0v) is 18.4. The number of likely N-dealkylation sites (tertiary alicyclic amines) is 1. The molecule has 5 rings (SSSR count). The Labute approximate surface area is 188 Å². The number of carbonyl (C=O) groups is 2. The molecular formula is C24H22N4O3S. The van der Waals surface area contributed by atoms with E-state index in [0.717, 1.165) is 22.2 Å². The van der Waals surface area contributed by atoms with Crippen LogP contribution in [0.1, 0.15) is 42.5 Å². The number of carbonyl (C=O) groups excluding carboxylic acids is 2. The van der Waals surface area contributed by atoms with Crippen LogP contribution >= 0.6 is 11.3 Å². The van der Waals surface area contributed by atoms with Gasteiger partial charge < -0.3 is 0 Å². The highest BCUT2D eigenvalue weighted by Gasteiger charge is 2.42. The van der Waals surface area contributed by atoms with Crippen LogP contribution in [0.2, 0.25) is 0 Å². The summed E-state index contributed by atoms with van der Waals surface area (Å²) >= 11 is 1.41. The van der Waals surface area contributed by atoms with Crippen LogP contribution in [0.15, 0.2) is 59.4 Å². The average molecular weight is 447 g/mol. The summed E-state index contributed by atoms with van der Waals surface area (Å²) in [6.07, 6.45) is 1.42. The average Bonchev–Trinajstić information content (AvgIpc) is 3.44. The number of thiazole rings is 1. The fraction of sp³-hybridized carbons (Fsp3) is 0.250. The van der Waals surface area contributed by atoms with Gasteiger partial charge in [0.15, 0.2) is 0 Å². The van der Waals surface area contributed by atoms with Crippen molar-refractivity contribution >= 4 is 33.4 Å². The number of aromatic nitrogens is 3. The lowest BCUT2D eigenvalue weighted by Gasteiger charge is -2.15. The number of nitrogens with zero attached hydrogens (tertiary/aromatic N) is 3. The number of benzene rings is 2. The minimum absolute atomic E-state index is 0.00925. The molecule has 1 fully saturated rings. The molecule has 7 nitrogen and oxygen atoms in total. The molecule has 1 aliphatic rings. The van der Waals surface area contributed by atoms with Crippen LogP contribution in [-0.2, 0) is 22.6 Å². The van der Waals surface area contributed by atoms with Crippen molar-refractivity contribution in [3.8, 4) is 5.13 Å². The van der Waals surface area contributed by atoms with E-state index in [1.807, 2.05) is 61.5 Å². The first-order chi connectivity index (χ1) is 15.6. The molecule has 1 saturated heterocycles. The molecular weight excluding hydrogens is 424 g/mol. The van der Waals surface area contributed by atoms with E-state index in [4.69, 9.17) is 0 Å². The Morgan fingerprint density at radius 3 is 2.56 bits per heavy atom. The minimum Gasteiger partial charge on any atom is -0.293 e. The van der Waals surface area contributed by atoms with Gasteiger partial charge in [-0.05, 0) is 24.1 Å². The topological polar surface area (TPSA) is 88.1 Å². The number of aryl methyl sites for hydroxylation is 1. The maximum Gasteiger partial charge on any atom is 0.277 e. The Balaban J connectivity index is 1.53. The van der Waals surface area contributed by atoms with Crippen molar-refractivity contribution in [2.75, 3.05) is 0 Å². The first-order valence-electron chi connectivity index (χ1n) is 10.6. The van der Waals surface area contributed by atoms with Gasteiger partial charge in [-0.3, -0.25) is 24.4 Å². The van der Waals surface area contributed by atoms with E-state index in [1.54, 1.807) is 0 Å². The fourth-order valence-corrected chi connectivity index (χ4v) is 5.15. The van der Waals surface area contributed by atoms with Crippen LogP contribution in [0.3, 0.4) is 0 Å². The van der Waals surface area contributed by atoms with Gasteiger partial charge in [0, 0.05) is 12.1 Å². The lowest BCUT2D eigenvalue weighted by Crippen LogP contribution is -2.31. The molecule has 2 aromatic carbocycles. The van der Waals surface area contributed by atoms with Crippen molar-refractivity contribution in [3.05, 3.63) is 81.8 Å². The van der Waals surface area contributed by atoms with Crippen LogP contribution in [0.4, 0.5) is 0 Å². The van der Waals surface area contributed by atoms with Crippen molar-refractivity contribution in [2.24, 2.45) is 0 Å². The van der Waals surface area contributed by atoms with E-state index in [-0.39, 0.29) is 30.3 Å². The highest BCUT2D eigenvalue weighted by atomic mass is 32.1. The normalized spacial score (nSPS) is 16.4. The molecule has 0 aliphatic carbocycles. The highest BCUT2D eigenvalue weighted by Crippen LogP contribution is 2.32. The van der Waals surface area contributed by atoms with E-state index >= 15 is 0 Å². The third kappa shape index (κ3) is 3.46. The summed E-state index contributed by atoms with van der Waals surface area (Å²) in [7, 11) is 0. The van der Waals surface area contributed by atoms with E-state index in [1.165, 1.54) is 20.9 Å². The lowest BCUT2D eigenvalue weighted by atomic mass is 9.96. The Kier molecular flexibility index (Phi) is 5.22. The number of aromatic amines is 1. The van der Waals surface area contributed by atoms with Gasteiger partial charge in [-0.15, -0.1) is 0 Å². The Morgan fingerprint density at radius 2 is 1.81 bits per heavy atom. The quantitative estimate of drug-likeness (QED) is 0.457. The van der Waals surface area contributed by atoms with Gasteiger partial charge in [0.25, 0.3) is 5.56 Å². The van der Waals surface area contributed by atoms with E-state index in [0.29, 0.717) is 22.8 Å².